The van der Waals surface area contributed by atoms with Crippen molar-refractivity contribution in [2.45, 2.75) is 248 Å². The van der Waals surface area contributed by atoms with Crippen LogP contribution >= 0.6 is 35.3 Å². The van der Waals surface area contributed by atoms with Gasteiger partial charge in [0, 0.05) is 25.7 Å². The van der Waals surface area contributed by atoms with Gasteiger partial charge in [-0.15, -0.1) is 0 Å². The first kappa shape index (κ1) is 107. The molecule has 2 aromatic rings. The van der Waals surface area contributed by atoms with Crippen molar-refractivity contribution in [2.75, 3.05) is 55.7 Å². The van der Waals surface area contributed by atoms with Gasteiger partial charge in [-0.1, -0.05) is 76.6 Å². The van der Waals surface area contributed by atoms with E-state index >= 15 is 0 Å². The molecule has 0 aromatic heterocycles. The van der Waals surface area contributed by atoms with E-state index in [1.165, 1.54) is 73.4 Å². The number of thioether (sulfide) groups is 3. The maximum absolute atomic E-state index is 14.6. The number of aromatic hydroxyl groups is 1. The molecule has 42 heteroatoms. The molecular formula is C79H127N17O22S3. The van der Waals surface area contributed by atoms with Crippen LogP contribution in [0.5, 0.6) is 5.75 Å². The van der Waals surface area contributed by atoms with Crippen LogP contribution in [-0.4, -0.2) is 272 Å². The highest BCUT2D eigenvalue weighted by atomic mass is 32.2. The number of nitrogens with two attached hydrogens (primary N) is 3. The summed E-state index contributed by atoms with van der Waals surface area (Å²) < 4.78 is 0. The third kappa shape index (κ3) is 42.0. The highest BCUT2D eigenvalue weighted by Gasteiger charge is 2.39. The van der Waals surface area contributed by atoms with E-state index in [2.05, 4.69) is 74.4 Å². The normalized spacial score (nSPS) is 15.1. The Balaban J connectivity index is 2.50. The third-order valence-electron chi connectivity index (χ3n) is 19.2. The molecule has 0 saturated heterocycles. The van der Waals surface area contributed by atoms with Gasteiger partial charge in [0.25, 0.3) is 0 Å². The van der Waals surface area contributed by atoms with Crippen molar-refractivity contribution < 1.29 is 107 Å². The summed E-state index contributed by atoms with van der Waals surface area (Å²) in [7, 11) is 0. The average molecular weight is 1760 g/mol. The van der Waals surface area contributed by atoms with Gasteiger partial charge in [-0.3, -0.25) is 76.7 Å². The number of phenols is 1. The summed E-state index contributed by atoms with van der Waals surface area (Å²) in [4.78, 5) is 233. The zero-order valence-electron chi connectivity index (χ0n) is 70.4. The van der Waals surface area contributed by atoms with Crippen molar-refractivity contribution in [3.8, 4) is 5.75 Å². The first-order valence-corrected chi connectivity index (χ1v) is 44.4. The smallest absolute Gasteiger partial charge is 0.326 e. The van der Waals surface area contributed by atoms with Crippen molar-refractivity contribution in [2.24, 2.45) is 29.0 Å². The summed E-state index contributed by atoms with van der Waals surface area (Å²) >= 11 is 3.86. The molecule has 0 aliphatic heterocycles. The molecule has 0 bridgehead atoms. The monoisotopic (exact) mass is 1760 g/mol. The topological polar surface area (TPSA) is 638 Å². The fourth-order valence-electron chi connectivity index (χ4n) is 12.0. The van der Waals surface area contributed by atoms with Crippen molar-refractivity contribution in [3.63, 3.8) is 0 Å². The maximum Gasteiger partial charge on any atom is 0.326 e. The molecule has 0 heterocycles. The standard InChI is InChI=1S/C79H127N17O22S3/c1-11-44(4)64(95-61(99)42-83-69(107)52(21-15-17-34-80)87-68(106)51(82)39-43(2)3)77(115)94-59(40-48-19-13-12-14-20-48)75(113)90-54(27-29-62(100)101)70(108)84-45(5)66(104)86-56(31-36-119-8)73(111)88-53(22-16-18-35-81)71(109)91-57(32-37-120-9)74(112)89-55(28-30-63(102)103)72(110)93-60(41-49-23-25-50(98)26-24-49)76(114)96-65(47(7)97)78(116)85-46(6)67(105)92-58(79(117)118)33-38-121-10/h12-14,19-20,23-26,43-47,51-60,64-65,97-98H,11,15-18,21-22,27-42,80-82H2,1-10H3,(H,83,107)(H,84,108)(H,85,116)(H,86,104)(H,87,106)(H,88,111)(H,89,112)(H,90,113)(H,91,109)(H,92,105)(H,93,110)(H,94,115)(H,95,99)(H,96,114)(H,100,101)(H,102,103)(H,117,118)/t44-,45-,46-,47+,51-,52-,53-,54-,55-,56-,57-,58-,59-,60-,64-,65-/m0/s1. The van der Waals surface area contributed by atoms with E-state index in [9.17, 15) is 107 Å². The van der Waals surface area contributed by atoms with Crippen LogP contribution in [0.2, 0.25) is 0 Å². The Hall–Kier alpha value is -9.88. The van der Waals surface area contributed by atoms with Crippen LogP contribution in [0.1, 0.15) is 156 Å². The number of hydrogen-bond donors (Lipinski definition) is 22. The number of nitrogens with one attached hydrogen (secondary N) is 14. The zero-order chi connectivity index (χ0) is 91.0. The van der Waals surface area contributed by atoms with Gasteiger partial charge in [0.05, 0.1) is 18.7 Å². The quantitative estimate of drug-likeness (QED) is 0.0312. The van der Waals surface area contributed by atoms with Crippen molar-refractivity contribution in [1.82, 2.24) is 74.4 Å². The molecule has 0 aliphatic carbocycles. The molecule has 0 aliphatic rings. The minimum absolute atomic E-state index is 0.0497. The lowest BCUT2D eigenvalue weighted by Crippen LogP contribution is -2.62. The van der Waals surface area contributed by atoms with Crippen LogP contribution in [0.4, 0.5) is 0 Å². The Labute approximate surface area is 718 Å². The van der Waals surface area contributed by atoms with Crippen LogP contribution < -0.4 is 91.6 Å². The predicted molar refractivity (Wildman–Crippen MR) is 456 cm³/mol. The lowest BCUT2D eigenvalue weighted by atomic mass is 9.97. The van der Waals surface area contributed by atoms with Gasteiger partial charge in [-0.2, -0.15) is 35.3 Å². The number of unbranched alkanes of at least 4 members (excludes halogenated alkanes) is 2. The lowest BCUT2D eigenvalue weighted by molar-refractivity contribution is -0.142. The van der Waals surface area contributed by atoms with E-state index in [1.54, 1.807) is 62.9 Å². The van der Waals surface area contributed by atoms with Gasteiger partial charge in [-0.25, -0.2) is 4.79 Å². The van der Waals surface area contributed by atoms with E-state index in [1.807, 2.05) is 13.8 Å². The molecule has 0 saturated carbocycles. The number of phenolic OH excluding ortho intramolecular Hbond substituents is 1. The molecule has 16 atom stereocenters. The second-order valence-corrected chi connectivity index (χ2v) is 32.8. The number of aliphatic hydroxyl groups is 1. The largest absolute Gasteiger partial charge is 0.508 e. The van der Waals surface area contributed by atoms with Crippen LogP contribution in [-0.2, 0) is 94.3 Å². The number of aliphatic hydroxyl groups excluding tert-OH is 1. The molecule has 0 radical (unpaired) electrons. The molecule has 0 unspecified atom stereocenters. The zero-order valence-corrected chi connectivity index (χ0v) is 72.9. The number of benzene rings is 2. The highest BCUT2D eigenvalue weighted by molar-refractivity contribution is 7.99. The second-order valence-electron chi connectivity index (χ2n) is 29.8. The number of hydrogen-bond acceptors (Lipinski definition) is 25. The van der Waals surface area contributed by atoms with E-state index < -0.39 is 236 Å². The van der Waals surface area contributed by atoms with Gasteiger partial charge >= 0.3 is 17.9 Å². The molecule has 25 N–H and O–H groups in total. The minimum Gasteiger partial charge on any atom is -0.508 e. The Morgan fingerprint density at radius 1 is 0.388 bits per heavy atom. The molecule has 121 heavy (non-hydrogen) atoms. The molecule has 0 spiro atoms. The number of amides is 14. The van der Waals surface area contributed by atoms with Gasteiger partial charge < -0.3 is 117 Å². The fourth-order valence-corrected chi connectivity index (χ4v) is 13.4. The van der Waals surface area contributed by atoms with Crippen LogP contribution in [0, 0.1) is 11.8 Å². The van der Waals surface area contributed by atoms with Gasteiger partial charge in [-0.05, 0) is 182 Å². The SMILES string of the molecule is CC[C@H](C)[C@H](NC(=O)CNC(=O)[C@H](CCCCN)NC(=O)[C@@H](N)CC(C)C)C(=O)N[C@@H](Cc1ccccc1)C(=O)N[C@@H](CCC(=O)O)C(=O)N[C@@H](C)C(=O)N[C@@H](CCSC)C(=O)N[C@@H](CCCCN)C(=O)N[C@@H](CCSC)C(=O)N[C@@H](CCC(=O)O)C(=O)N[C@@H](Cc1ccc(O)cc1)C(=O)N[C@H](C(=O)N[C@@H](C)C(=O)N[C@@H](CCSC)C(=O)O)[C@@H](C)O. The van der Waals surface area contributed by atoms with Crippen LogP contribution in [0.3, 0.4) is 0 Å². The fraction of sp³-hybridized carbons (Fsp3) is 0.633. The molecule has 2 aromatic carbocycles. The van der Waals surface area contributed by atoms with Crippen LogP contribution in [0.25, 0.3) is 0 Å². The highest BCUT2D eigenvalue weighted by Crippen LogP contribution is 2.17. The Kier molecular flexibility index (Phi) is 51.5. The first-order valence-electron chi connectivity index (χ1n) is 40.2. The van der Waals surface area contributed by atoms with Gasteiger partial charge in [0.1, 0.15) is 84.3 Å². The van der Waals surface area contributed by atoms with Crippen LogP contribution in [0.15, 0.2) is 54.6 Å². The van der Waals surface area contributed by atoms with Gasteiger partial charge in [0.2, 0.25) is 82.7 Å². The minimum atomic E-state index is -1.83. The Morgan fingerprint density at radius 3 is 1.17 bits per heavy atom. The van der Waals surface area contributed by atoms with Crippen molar-refractivity contribution >= 4 is 136 Å². The number of carbonyl (C=O) groups excluding carboxylic acids is 14. The Morgan fingerprint density at radius 2 is 0.744 bits per heavy atom. The van der Waals surface area contributed by atoms with Crippen molar-refractivity contribution in [1.29, 1.82) is 0 Å². The number of carbonyl (C=O) groups is 17. The maximum atomic E-state index is 14.6. The van der Waals surface area contributed by atoms with E-state index in [-0.39, 0.29) is 74.7 Å². The molecule has 2 rings (SSSR count). The third-order valence-corrected chi connectivity index (χ3v) is 21.2. The predicted octanol–water partition coefficient (Wildman–Crippen LogP) is -2.23. The van der Waals surface area contributed by atoms with E-state index in [0.717, 1.165) is 6.92 Å². The summed E-state index contributed by atoms with van der Waals surface area (Å²) in [5, 5.41) is 85.5. The first-order chi connectivity index (χ1) is 57.2. The molecular weight excluding hydrogens is 1640 g/mol. The molecule has 678 valence electrons. The molecule has 14 amide bonds. The van der Waals surface area contributed by atoms with E-state index in [0.29, 0.717) is 55.5 Å². The second kappa shape index (κ2) is 58.2. The van der Waals surface area contributed by atoms with E-state index in [4.69, 9.17) is 17.2 Å². The molecule has 0 fully saturated rings. The summed E-state index contributed by atoms with van der Waals surface area (Å²) in [6, 6.07) is -6.81. The summed E-state index contributed by atoms with van der Waals surface area (Å²) in [6.07, 6.45) is 2.42. The number of carboxylic acid groups (broad SMARTS) is 3. The summed E-state index contributed by atoms with van der Waals surface area (Å²) in [5.41, 5.74) is 18.4. The number of aliphatic carboxylic acids is 3. The summed E-state index contributed by atoms with van der Waals surface area (Å²) in [6.45, 7) is 10.6. The summed E-state index contributed by atoms with van der Waals surface area (Å²) in [5.74, 6) is -17.1. The molecule has 39 nitrogen and oxygen atoms in total. The van der Waals surface area contributed by atoms with Gasteiger partial charge in [0.15, 0.2) is 0 Å². The van der Waals surface area contributed by atoms with Crippen molar-refractivity contribution in [3.05, 3.63) is 65.7 Å². The number of rotatable bonds is 61. The average Bonchev–Trinajstić information content (AvgIpc) is 0.841. The number of carboxylic acids is 3. The lowest BCUT2D eigenvalue weighted by Gasteiger charge is -2.28. The Bertz CT molecular complexity index is 3710.